The summed E-state index contributed by atoms with van der Waals surface area (Å²) in [6.07, 6.45) is 0. The van der Waals surface area contributed by atoms with E-state index in [9.17, 15) is 8.22 Å². The van der Waals surface area contributed by atoms with E-state index >= 15 is 0 Å². The van der Waals surface area contributed by atoms with Crippen LogP contribution in [0, 0.1) is 0 Å². The van der Waals surface area contributed by atoms with Gasteiger partial charge in [-0.3, -0.25) is 0 Å². The average molecular weight is 572 g/mol. The van der Waals surface area contributed by atoms with E-state index in [-0.39, 0.29) is 43.4 Å². The smallest absolute Gasteiger partial charge is 0.0616 e. The molecule has 0 heteroatoms. The van der Waals surface area contributed by atoms with Gasteiger partial charge < -0.3 is 0 Å². The Hall–Kier alpha value is -5.72. The van der Waals surface area contributed by atoms with Gasteiger partial charge in [-0.25, -0.2) is 0 Å². The lowest BCUT2D eigenvalue weighted by Gasteiger charge is -2.22. The Morgan fingerprint density at radius 3 is 1.68 bits per heavy atom. The molecule has 0 fully saturated rings. The lowest BCUT2D eigenvalue weighted by molar-refractivity contribution is 1.70. The van der Waals surface area contributed by atoms with Crippen molar-refractivity contribution in [2.45, 2.75) is 0 Å². The first kappa shape index (κ1) is 12.9. The van der Waals surface area contributed by atoms with Crippen molar-refractivity contribution >= 4 is 75.4 Å². The zero-order valence-corrected chi connectivity index (χ0v) is 22.7. The third-order valence-corrected chi connectivity index (χ3v) is 8.55. The molecule has 44 heavy (non-hydrogen) atoms. The van der Waals surface area contributed by atoms with Crippen molar-refractivity contribution < 1.29 is 23.3 Å². The third-order valence-electron chi connectivity index (χ3n) is 8.55. The highest BCUT2D eigenvalue weighted by Crippen LogP contribution is 2.49. The van der Waals surface area contributed by atoms with Crippen LogP contribution in [0.15, 0.2) is 157 Å². The minimum atomic E-state index is -0.786. The lowest BCUT2D eigenvalue weighted by Crippen LogP contribution is -1.94. The van der Waals surface area contributed by atoms with Crippen molar-refractivity contribution in [2.24, 2.45) is 0 Å². The predicted molar refractivity (Wildman–Crippen MR) is 191 cm³/mol. The van der Waals surface area contributed by atoms with Crippen LogP contribution in [-0.2, 0) is 0 Å². The summed E-state index contributed by atoms with van der Waals surface area (Å²) in [6.45, 7) is 0. The van der Waals surface area contributed by atoms with E-state index in [1.807, 2.05) is 48.5 Å². The topological polar surface area (TPSA) is 0 Å². The SMILES string of the molecule is [2H]c1c([2H])c([2H])c2c(-c3c4c([2H])c([2H])c([2H])c([2H])c4c(-c4ccc5ccc6cccc7ccc4c5c67)c4c3c([2H])c([2H])c3c([2H])c([2H])c([2H])c([2H])c34)c([2H])c([2H])c([2H])c2c1[2H]. The Labute approximate surface area is 278 Å². The molecule has 0 amide bonds. The summed E-state index contributed by atoms with van der Waals surface area (Å²) in [5, 5.41) is 2.42. The average Bonchev–Trinajstić information content (AvgIpc) is 3.26. The molecule has 0 heterocycles. The number of rotatable bonds is 2. The Morgan fingerprint density at radius 1 is 0.295 bits per heavy atom. The van der Waals surface area contributed by atoms with E-state index in [0.717, 1.165) is 26.9 Å². The molecular weight excluding hydrogens is 528 g/mol. The largest absolute Gasteiger partial charge is 0.0630 e. The maximum atomic E-state index is 9.76. The fourth-order valence-corrected chi connectivity index (χ4v) is 6.75. The predicted octanol–water partition coefficient (Wildman–Crippen LogP) is 12.5. The van der Waals surface area contributed by atoms with E-state index in [4.69, 9.17) is 15.1 Å². The first-order valence-electron chi connectivity index (χ1n) is 22.5. The van der Waals surface area contributed by atoms with E-state index in [0.29, 0.717) is 10.9 Å². The van der Waals surface area contributed by atoms with Crippen molar-refractivity contribution in [2.75, 3.05) is 0 Å². The van der Waals surface area contributed by atoms with Gasteiger partial charge in [-0.2, -0.15) is 0 Å². The normalized spacial score (nSPS) is 17.5. The lowest BCUT2D eigenvalue weighted by atomic mass is 9.81. The highest BCUT2D eigenvalue weighted by atomic mass is 14.2. The van der Waals surface area contributed by atoms with Gasteiger partial charge >= 0.3 is 0 Å². The molecule has 0 saturated carbocycles. The summed E-state index contributed by atoms with van der Waals surface area (Å²) in [7, 11) is 0. The van der Waals surface area contributed by atoms with E-state index in [1.54, 1.807) is 6.07 Å². The first-order valence-corrected chi connectivity index (χ1v) is 14.0. The summed E-state index contributed by atoms with van der Waals surface area (Å²) in [4.78, 5) is 0. The summed E-state index contributed by atoms with van der Waals surface area (Å²) in [6, 6.07) is 5.17. The van der Waals surface area contributed by atoms with Gasteiger partial charge in [0.05, 0.1) is 23.3 Å². The van der Waals surface area contributed by atoms with Crippen LogP contribution in [0.25, 0.3) is 97.7 Å². The van der Waals surface area contributed by atoms with Crippen LogP contribution in [0.4, 0.5) is 0 Å². The second-order valence-corrected chi connectivity index (χ2v) is 10.7. The van der Waals surface area contributed by atoms with Gasteiger partial charge in [-0.15, -0.1) is 0 Å². The van der Waals surface area contributed by atoms with Crippen LogP contribution in [-0.4, -0.2) is 0 Å². The second-order valence-electron chi connectivity index (χ2n) is 10.7. The van der Waals surface area contributed by atoms with Gasteiger partial charge in [0, 0.05) is 0 Å². The molecule has 10 rings (SSSR count). The van der Waals surface area contributed by atoms with Crippen LogP contribution >= 0.6 is 0 Å². The molecule has 0 nitrogen and oxygen atoms in total. The summed E-state index contributed by atoms with van der Waals surface area (Å²) >= 11 is 0. The molecule has 202 valence electrons. The molecule has 0 bridgehead atoms. The van der Waals surface area contributed by atoms with E-state index in [1.165, 1.54) is 0 Å². The zero-order valence-electron chi connectivity index (χ0n) is 39.7. The van der Waals surface area contributed by atoms with Crippen molar-refractivity contribution in [3.63, 3.8) is 0 Å². The van der Waals surface area contributed by atoms with E-state index < -0.39 is 119 Å². The standard InChI is InChI=1S/C44H26/c1-3-14-32-27(9-1)11-8-18-34(32)42-35-16-5-6-17-36(35)44(43-33-15-4-2-10-28(33)21-26-39(42)43)38-25-23-31-20-19-29-12-7-13-30-22-24-37(38)41(31)40(29)30/h1-26H/i1D,2D,3D,4D,5D,6D,8D,9D,10D,11D,14D,15D,16D,17D,18D,21D,26D. The molecule has 0 N–H and O–H groups in total. The molecule has 0 aliphatic carbocycles. The fraction of sp³-hybridized carbons (Fsp3) is 0. The Bertz CT molecular complexity index is 3700. The maximum Gasteiger partial charge on any atom is 0.0630 e. The second kappa shape index (κ2) is 8.89. The van der Waals surface area contributed by atoms with Crippen molar-refractivity contribution in [1.82, 2.24) is 0 Å². The number of hydrogen-bond donors (Lipinski definition) is 0. The summed E-state index contributed by atoms with van der Waals surface area (Å²) < 4.78 is 154. The minimum Gasteiger partial charge on any atom is -0.0616 e. The number of benzene rings is 10. The minimum absolute atomic E-state index is 0.0307. The fourth-order valence-electron chi connectivity index (χ4n) is 6.75. The molecule has 0 unspecified atom stereocenters. The Morgan fingerprint density at radius 2 is 0.886 bits per heavy atom. The third kappa shape index (κ3) is 3.17. The molecule has 0 aromatic heterocycles. The monoisotopic (exact) mass is 571 g/mol. The van der Waals surface area contributed by atoms with Crippen LogP contribution in [0.1, 0.15) is 23.3 Å². The van der Waals surface area contributed by atoms with Gasteiger partial charge in [0.2, 0.25) is 0 Å². The molecular formula is C44H26. The quantitative estimate of drug-likeness (QED) is 0.143. The van der Waals surface area contributed by atoms with Gasteiger partial charge in [-0.05, 0) is 97.7 Å². The highest BCUT2D eigenvalue weighted by molar-refractivity contribution is 6.33. The molecule has 0 saturated heterocycles. The highest BCUT2D eigenvalue weighted by Gasteiger charge is 2.21. The number of hydrogen-bond acceptors (Lipinski definition) is 0. The Kier molecular flexibility index (Phi) is 2.60. The summed E-state index contributed by atoms with van der Waals surface area (Å²) in [5.41, 5.74) is -0.482. The molecule has 10 aromatic rings. The van der Waals surface area contributed by atoms with Crippen molar-refractivity contribution in [3.05, 3.63) is 157 Å². The van der Waals surface area contributed by atoms with Crippen molar-refractivity contribution in [3.8, 4) is 22.3 Å². The maximum absolute atomic E-state index is 9.76. The molecule has 10 aromatic carbocycles. The van der Waals surface area contributed by atoms with Gasteiger partial charge in [0.1, 0.15) is 0 Å². The Balaban J connectivity index is 1.63. The van der Waals surface area contributed by atoms with Gasteiger partial charge in [0.25, 0.3) is 0 Å². The molecule has 0 atom stereocenters. The summed E-state index contributed by atoms with van der Waals surface area (Å²) in [5.74, 6) is 0. The zero-order chi connectivity index (χ0) is 43.6. The van der Waals surface area contributed by atoms with Crippen molar-refractivity contribution in [1.29, 1.82) is 0 Å². The van der Waals surface area contributed by atoms with Crippen LogP contribution < -0.4 is 0 Å². The van der Waals surface area contributed by atoms with Crippen LogP contribution in [0.5, 0.6) is 0 Å². The van der Waals surface area contributed by atoms with Gasteiger partial charge in [0.15, 0.2) is 0 Å². The van der Waals surface area contributed by atoms with Crippen LogP contribution in [0.3, 0.4) is 0 Å². The van der Waals surface area contributed by atoms with Gasteiger partial charge in [-0.1, -0.05) is 157 Å². The number of fused-ring (bicyclic) bond motifs is 5. The first-order chi connectivity index (χ1) is 28.9. The molecule has 0 spiro atoms. The van der Waals surface area contributed by atoms with E-state index in [2.05, 4.69) is 0 Å². The molecule has 0 aliphatic heterocycles. The molecule has 0 aliphatic rings. The molecule has 0 radical (unpaired) electrons. The van der Waals surface area contributed by atoms with Crippen LogP contribution in [0.2, 0.25) is 0 Å².